The van der Waals surface area contributed by atoms with Gasteiger partial charge in [-0.05, 0) is 50.3 Å². The van der Waals surface area contributed by atoms with E-state index in [4.69, 9.17) is 28.6 Å². The molecule has 0 aliphatic carbocycles. The summed E-state index contributed by atoms with van der Waals surface area (Å²) in [6, 6.07) is 7.78. The van der Waals surface area contributed by atoms with Gasteiger partial charge in [-0.3, -0.25) is 5.43 Å². The molecule has 1 aromatic carbocycles. The maximum absolute atomic E-state index is 6.13. The lowest BCUT2D eigenvalue weighted by Gasteiger charge is -2.09. The summed E-state index contributed by atoms with van der Waals surface area (Å²) < 4.78 is 5.13. The first-order valence-corrected chi connectivity index (χ1v) is 8.75. The minimum Gasteiger partial charge on any atom is -0.497 e. The van der Waals surface area contributed by atoms with Gasteiger partial charge >= 0.3 is 0 Å². The average molecular weight is 384 g/mol. The van der Waals surface area contributed by atoms with Crippen molar-refractivity contribution in [3.8, 4) is 5.75 Å². The van der Waals surface area contributed by atoms with Gasteiger partial charge in [-0.2, -0.15) is 5.10 Å². The molecule has 0 atom stereocenters. The summed E-state index contributed by atoms with van der Waals surface area (Å²) in [6.07, 6.45) is 1.59. The topological polar surface area (TPSA) is 70.6 Å². The summed E-state index contributed by atoms with van der Waals surface area (Å²) in [7, 11) is 1.63. The molecule has 0 unspecified atom stereocenters. The van der Waals surface area contributed by atoms with Crippen LogP contribution in [-0.2, 0) is 0 Å². The molecule has 0 aliphatic heterocycles. The third-order valence-corrected chi connectivity index (χ3v) is 4.23. The number of rotatable bonds is 6. The Morgan fingerprint density at radius 1 is 1.38 bits per heavy atom. The lowest BCUT2D eigenvalue weighted by atomic mass is 10.3. The number of halogens is 1. The molecule has 0 aliphatic rings. The fourth-order valence-corrected chi connectivity index (χ4v) is 3.03. The van der Waals surface area contributed by atoms with Crippen molar-refractivity contribution in [2.45, 2.75) is 19.9 Å². The van der Waals surface area contributed by atoms with E-state index in [0.717, 1.165) is 16.3 Å². The lowest BCUT2D eigenvalue weighted by Crippen LogP contribution is -2.36. The second kappa shape index (κ2) is 8.81. The van der Waals surface area contributed by atoms with Crippen molar-refractivity contribution in [3.63, 3.8) is 0 Å². The summed E-state index contributed by atoms with van der Waals surface area (Å²) in [5.74, 6) is 0.794. The van der Waals surface area contributed by atoms with Crippen LogP contribution in [0.15, 0.2) is 29.4 Å². The number of thiazole rings is 1. The molecule has 0 radical (unpaired) electrons. The van der Waals surface area contributed by atoms with Crippen LogP contribution in [0.5, 0.6) is 5.75 Å². The SMILES string of the molecule is COc1ccc(Nc2nc(Cl)c(/C=N/NC(=S)NC(C)C)s2)cc1. The average Bonchev–Trinajstić information content (AvgIpc) is 2.87. The van der Waals surface area contributed by atoms with E-state index in [2.05, 4.69) is 26.1 Å². The van der Waals surface area contributed by atoms with E-state index in [9.17, 15) is 0 Å². The van der Waals surface area contributed by atoms with Gasteiger partial charge in [0.05, 0.1) is 18.2 Å². The Morgan fingerprint density at radius 3 is 2.71 bits per heavy atom. The van der Waals surface area contributed by atoms with E-state index in [0.29, 0.717) is 15.4 Å². The first-order chi connectivity index (χ1) is 11.5. The Balaban J connectivity index is 1.97. The zero-order chi connectivity index (χ0) is 17.5. The van der Waals surface area contributed by atoms with Crippen LogP contribution in [0.3, 0.4) is 0 Å². The summed E-state index contributed by atoms with van der Waals surface area (Å²) in [5, 5.41) is 11.8. The van der Waals surface area contributed by atoms with Crippen LogP contribution in [0.2, 0.25) is 5.15 Å². The van der Waals surface area contributed by atoms with Gasteiger partial charge < -0.3 is 15.4 Å². The second-order valence-corrected chi connectivity index (χ2v) is 6.82. The normalized spacial score (nSPS) is 10.9. The van der Waals surface area contributed by atoms with Crippen molar-refractivity contribution in [3.05, 3.63) is 34.3 Å². The second-order valence-electron chi connectivity index (χ2n) is 5.03. The molecule has 3 N–H and O–H groups in total. The van der Waals surface area contributed by atoms with Crippen molar-refractivity contribution < 1.29 is 4.74 Å². The van der Waals surface area contributed by atoms with Crippen molar-refractivity contribution in [1.29, 1.82) is 0 Å². The Kier molecular flexibility index (Phi) is 6.77. The van der Waals surface area contributed by atoms with Crippen LogP contribution in [0.1, 0.15) is 18.7 Å². The summed E-state index contributed by atoms with van der Waals surface area (Å²) >= 11 is 12.6. The molecular formula is C15H18ClN5OS2. The number of methoxy groups -OCH3 is 1. The third-order valence-electron chi connectivity index (χ3n) is 2.72. The molecular weight excluding hydrogens is 366 g/mol. The predicted molar refractivity (Wildman–Crippen MR) is 105 cm³/mol. The molecule has 2 aromatic rings. The van der Waals surface area contributed by atoms with E-state index in [1.807, 2.05) is 38.1 Å². The first-order valence-electron chi connectivity index (χ1n) is 7.15. The number of hydrogen-bond acceptors (Lipinski definition) is 6. The fourth-order valence-electron chi connectivity index (χ4n) is 1.69. The van der Waals surface area contributed by atoms with Gasteiger partial charge in [-0.1, -0.05) is 22.9 Å². The molecule has 0 spiro atoms. The standard InChI is InChI=1S/C15H18ClN5OS2/c1-9(2)18-14(23)21-17-8-12-13(16)20-15(24-12)19-10-4-6-11(22-3)7-5-10/h4-9H,1-3H3,(H,19,20)(H2,18,21,23)/b17-8+. The van der Waals surface area contributed by atoms with Crippen LogP contribution in [0.4, 0.5) is 10.8 Å². The number of anilines is 2. The highest BCUT2D eigenvalue weighted by Gasteiger charge is 2.08. The van der Waals surface area contributed by atoms with E-state index in [1.54, 1.807) is 13.3 Å². The number of ether oxygens (including phenoxy) is 1. The van der Waals surface area contributed by atoms with Gasteiger partial charge in [-0.25, -0.2) is 4.98 Å². The van der Waals surface area contributed by atoms with E-state index in [1.165, 1.54) is 11.3 Å². The molecule has 0 fully saturated rings. The quantitative estimate of drug-likeness (QED) is 0.401. The van der Waals surface area contributed by atoms with Gasteiger partial charge in [-0.15, -0.1) is 0 Å². The van der Waals surface area contributed by atoms with Gasteiger partial charge in [0, 0.05) is 11.7 Å². The smallest absolute Gasteiger partial charge is 0.189 e. The number of aromatic nitrogens is 1. The van der Waals surface area contributed by atoms with E-state index < -0.39 is 0 Å². The highest BCUT2D eigenvalue weighted by atomic mass is 35.5. The van der Waals surface area contributed by atoms with E-state index in [-0.39, 0.29) is 6.04 Å². The van der Waals surface area contributed by atoms with Crippen LogP contribution < -0.4 is 20.8 Å². The molecule has 9 heteroatoms. The van der Waals surface area contributed by atoms with Gasteiger partial charge in [0.2, 0.25) is 0 Å². The molecule has 0 saturated heterocycles. The number of hydrazone groups is 1. The highest BCUT2D eigenvalue weighted by molar-refractivity contribution is 7.80. The minimum absolute atomic E-state index is 0.243. The Hall–Kier alpha value is -1.90. The maximum atomic E-state index is 6.13. The molecule has 1 heterocycles. The van der Waals surface area contributed by atoms with Gasteiger partial charge in [0.25, 0.3) is 0 Å². The van der Waals surface area contributed by atoms with Gasteiger partial charge in [0.15, 0.2) is 15.4 Å². The zero-order valence-corrected chi connectivity index (χ0v) is 15.9. The molecule has 128 valence electrons. The lowest BCUT2D eigenvalue weighted by molar-refractivity contribution is 0.415. The molecule has 1 aromatic heterocycles. The fraction of sp³-hybridized carbons (Fsp3) is 0.267. The van der Waals surface area contributed by atoms with E-state index >= 15 is 0 Å². The van der Waals surface area contributed by atoms with Crippen LogP contribution in [-0.4, -0.2) is 29.5 Å². The summed E-state index contributed by atoms with van der Waals surface area (Å²) in [4.78, 5) is 5.00. The molecule has 0 bridgehead atoms. The number of nitrogens with one attached hydrogen (secondary N) is 3. The van der Waals surface area contributed by atoms with Crippen molar-refractivity contribution >= 4 is 57.3 Å². The Labute approximate surface area is 155 Å². The molecule has 24 heavy (non-hydrogen) atoms. The largest absolute Gasteiger partial charge is 0.497 e. The number of thiocarbonyl (C=S) groups is 1. The van der Waals surface area contributed by atoms with Crippen LogP contribution in [0, 0.1) is 0 Å². The van der Waals surface area contributed by atoms with Crippen molar-refractivity contribution in [2.75, 3.05) is 12.4 Å². The molecule has 6 nitrogen and oxygen atoms in total. The van der Waals surface area contributed by atoms with Crippen molar-refractivity contribution in [2.24, 2.45) is 5.10 Å². The van der Waals surface area contributed by atoms with Crippen LogP contribution >= 0.6 is 35.2 Å². The maximum Gasteiger partial charge on any atom is 0.189 e. The molecule has 0 saturated carbocycles. The highest BCUT2D eigenvalue weighted by Crippen LogP contribution is 2.28. The monoisotopic (exact) mass is 383 g/mol. The first kappa shape index (κ1) is 18.4. The predicted octanol–water partition coefficient (Wildman–Crippen LogP) is 3.76. The Bertz CT molecular complexity index is 715. The summed E-state index contributed by atoms with van der Waals surface area (Å²) in [5.41, 5.74) is 3.63. The van der Waals surface area contributed by atoms with Crippen molar-refractivity contribution in [1.82, 2.24) is 15.7 Å². The van der Waals surface area contributed by atoms with Crippen LogP contribution in [0.25, 0.3) is 0 Å². The Morgan fingerprint density at radius 2 is 2.08 bits per heavy atom. The molecule has 0 amide bonds. The number of benzene rings is 1. The third kappa shape index (κ3) is 5.63. The minimum atomic E-state index is 0.243. The number of hydrogen-bond donors (Lipinski definition) is 3. The van der Waals surface area contributed by atoms with Gasteiger partial charge in [0.1, 0.15) is 5.75 Å². The molecule has 2 rings (SSSR count). The zero-order valence-electron chi connectivity index (χ0n) is 13.5. The summed E-state index contributed by atoms with van der Waals surface area (Å²) in [6.45, 7) is 3.99. The number of nitrogens with zero attached hydrogens (tertiary/aromatic N) is 2.